The molecule has 0 spiro atoms. The minimum Gasteiger partial charge on any atom is -0.454 e. The van der Waals surface area contributed by atoms with E-state index in [4.69, 9.17) is 4.74 Å². The molecule has 7 heteroatoms. The number of carbonyl (C=O) groups excluding carboxylic acids is 2. The van der Waals surface area contributed by atoms with E-state index in [0.29, 0.717) is 34.5 Å². The number of nitrogens with one attached hydrogen (secondary N) is 1. The van der Waals surface area contributed by atoms with Crippen molar-refractivity contribution >= 4 is 17.6 Å². The fraction of sp³-hybridized carbons (Fsp3) is 0.192. The largest absolute Gasteiger partial charge is 0.454 e. The minimum atomic E-state index is -1.74. The third-order valence-electron chi connectivity index (χ3n) is 10.7. The van der Waals surface area contributed by atoms with Gasteiger partial charge in [0.05, 0.1) is 23.8 Å². The molecule has 0 saturated carbocycles. The first kappa shape index (κ1) is 40.6. The van der Waals surface area contributed by atoms with Crippen LogP contribution in [-0.4, -0.2) is 32.8 Å². The summed E-state index contributed by atoms with van der Waals surface area (Å²) in [6.45, 7) is 6.48. The number of rotatable bonds is 15. The lowest BCUT2D eigenvalue weighted by Gasteiger charge is -2.37. The number of amides is 1. The number of aliphatic hydroxyl groups excluding tert-OH is 1. The third kappa shape index (κ3) is 8.97. The summed E-state index contributed by atoms with van der Waals surface area (Å²) in [4.78, 5) is 28.5. The predicted molar refractivity (Wildman–Crippen MR) is 235 cm³/mol. The van der Waals surface area contributed by atoms with E-state index < -0.39 is 23.8 Å². The molecule has 7 aromatic rings. The highest BCUT2D eigenvalue weighted by molar-refractivity contribution is 6.12. The molecule has 0 aliphatic rings. The number of aryl methyl sites for hydroxylation is 1. The molecule has 1 aromatic heterocycles. The number of hydrogen-bond donors (Lipinski definition) is 3. The van der Waals surface area contributed by atoms with Crippen LogP contribution < -0.4 is 5.32 Å². The summed E-state index contributed by atoms with van der Waals surface area (Å²) in [5.74, 6) is -0.971. The molecule has 7 rings (SSSR count). The molecule has 0 saturated heterocycles. The number of aliphatic hydroxyl groups is 2. The molecule has 1 heterocycles. The fourth-order valence-electron chi connectivity index (χ4n) is 7.94. The average Bonchev–Trinajstić information content (AvgIpc) is 3.62. The van der Waals surface area contributed by atoms with Gasteiger partial charge in [0.15, 0.2) is 11.7 Å². The molecule has 2 atom stereocenters. The molecule has 6 aromatic carbocycles. The zero-order chi connectivity index (χ0) is 41.4. The van der Waals surface area contributed by atoms with Gasteiger partial charge in [-0.1, -0.05) is 183 Å². The second-order valence-corrected chi connectivity index (χ2v) is 15.3. The van der Waals surface area contributed by atoms with Crippen molar-refractivity contribution < 1.29 is 24.5 Å². The Morgan fingerprint density at radius 1 is 0.678 bits per heavy atom. The van der Waals surface area contributed by atoms with Crippen molar-refractivity contribution in [2.75, 3.05) is 5.32 Å². The number of hydrogen-bond acceptors (Lipinski definition) is 5. The maximum Gasteiger partial charge on any atom is 0.309 e. The van der Waals surface area contributed by atoms with Gasteiger partial charge in [-0.25, -0.2) is 0 Å². The summed E-state index contributed by atoms with van der Waals surface area (Å²) in [6.07, 6.45) is -2.35. The van der Waals surface area contributed by atoms with Gasteiger partial charge in [0.1, 0.15) is 0 Å². The Kier molecular flexibility index (Phi) is 12.7. The van der Waals surface area contributed by atoms with Crippen molar-refractivity contribution in [3.63, 3.8) is 0 Å². The summed E-state index contributed by atoms with van der Waals surface area (Å²) >= 11 is 0. The van der Waals surface area contributed by atoms with Crippen LogP contribution in [0.15, 0.2) is 176 Å². The van der Waals surface area contributed by atoms with E-state index >= 15 is 0 Å². The Labute approximate surface area is 346 Å². The van der Waals surface area contributed by atoms with Crippen LogP contribution in [0.5, 0.6) is 0 Å². The van der Waals surface area contributed by atoms with Crippen LogP contribution in [0, 0.1) is 6.92 Å². The third-order valence-corrected chi connectivity index (χ3v) is 10.7. The van der Waals surface area contributed by atoms with E-state index in [1.807, 2.05) is 159 Å². The SMILES string of the molecule is Cc1ccc(-c2c(-c3ccccc3)c(C(=O)Nc3ccccc3)c(C(C)C)n2CCC(O)CC(=O)OC(c2ccccc2)C(O)(c2ccccc2)c2ccccc2)cc1. The number of esters is 1. The number of para-hydroxylation sites is 1. The lowest BCUT2D eigenvalue weighted by molar-refractivity contribution is -0.165. The van der Waals surface area contributed by atoms with Crippen LogP contribution >= 0.6 is 0 Å². The molecule has 3 N–H and O–H groups in total. The van der Waals surface area contributed by atoms with Crippen molar-refractivity contribution in [1.29, 1.82) is 0 Å². The summed E-state index contributed by atoms with van der Waals surface area (Å²) in [6, 6.07) is 55.2. The molecule has 1 amide bonds. The average molecular weight is 783 g/mol. The van der Waals surface area contributed by atoms with Gasteiger partial charge in [0.25, 0.3) is 5.91 Å². The van der Waals surface area contributed by atoms with Crippen LogP contribution in [0.25, 0.3) is 22.4 Å². The zero-order valence-corrected chi connectivity index (χ0v) is 33.7. The highest BCUT2D eigenvalue weighted by Gasteiger charge is 2.44. The van der Waals surface area contributed by atoms with Gasteiger partial charge >= 0.3 is 5.97 Å². The van der Waals surface area contributed by atoms with Crippen LogP contribution in [0.3, 0.4) is 0 Å². The molecular weight excluding hydrogens is 733 g/mol. The predicted octanol–water partition coefficient (Wildman–Crippen LogP) is 10.9. The number of nitrogens with zero attached hydrogens (tertiary/aromatic N) is 1. The minimum absolute atomic E-state index is 0.0874. The van der Waals surface area contributed by atoms with E-state index in [-0.39, 0.29) is 24.7 Å². The van der Waals surface area contributed by atoms with E-state index in [1.54, 1.807) is 0 Å². The first-order valence-corrected chi connectivity index (χ1v) is 20.2. The van der Waals surface area contributed by atoms with Gasteiger partial charge in [-0.3, -0.25) is 9.59 Å². The molecule has 0 fully saturated rings. The first-order chi connectivity index (χ1) is 28.6. The Balaban J connectivity index is 1.24. The molecule has 298 valence electrons. The normalized spacial score (nSPS) is 12.5. The van der Waals surface area contributed by atoms with E-state index in [2.05, 4.69) is 48.0 Å². The number of carbonyl (C=O) groups is 2. The molecule has 0 aliphatic heterocycles. The Bertz CT molecular complexity index is 2410. The van der Waals surface area contributed by atoms with Gasteiger partial charge in [-0.2, -0.15) is 0 Å². The smallest absolute Gasteiger partial charge is 0.309 e. The van der Waals surface area contributed by atoms with Crippen molar-refractivity contribution in [2.24, 2.45) is 0 Å². The van der Waals surface area contributed by atoms with E-state index in [0.717, 1.165) is 33.6 Å². The Morgan fingerprint density at radius 2 is 1.19 bits per heavy atom. The monoisotopic (exact) mass is 782 g/mol. The van der Waals surface area contributed by atoms with Crippen LogP contribution in [0.4, 0.5) is 5.69 Å². The van der Waals surface area contributed by atoms with Crippen molar-refractivity contribution in [3.05, 3.63) is 209 Å². The standard InChI is InChI=1S/C52H50N2O5/c1-36(2)48-47(51(57)53-43-27-17-8-18-28-43)46(38-19-9-4-10-20-38)49(39-31-29-37(3)30-32-39)54(48)34-33-44(55)35-45(56)59-50(40-21-11-5-12-22-40)52(58,41-23-13-6-14-24-41)42-25-15-7-16-26-42/h4-32,36,44,50,55,58H,33-35H2,1-3H3,(H,53,57). The second-order valence-electron chi connectivity index (χ2n) is 15.3. The maximum atomic E-state index is 14.5. The summed E-state index contributed by atoms with van der Waals surface area (Å²) in [7, 11) is 0. The number of benzene rings is 6. The number of ether oxygens (including phenoxy) is 1. The van der Waals surface area contributed by atoms with Crippen LogP contribution in [0.1, 0.15) is 77.0 Å². The van der Waals surface area contributed by atoms with Crippen molar-refractivity contribution in [1.82, 2.24) is 4.57 Å². The second kappa shape index (κ2) is 18.4. The number of anilines is 1. The molecule has 7 nitrogen and oxygen atoms in total. The van der Waals surface area contributed by atoms with Gasteiger partial charge in [-0.15, -0.1) is 0 Å². The highest BCUT2D eigenvalue weighted by Crippen LogP contribution is 2.45. The van der Waals surface area contributed by atoms with Gasteiger partial charge in [0, 0.05) is 23.5 Å². The van der Waals surface area contributed by atoms with Crippen molar-refractivity contribution in [3.8, 4) is 22.4 Å². The molecule has 0 radical (unpaired) electrons. The van der Waals surface area contributed by atoms with Crippen LogP contribution in [0.2, 0.25) is 0 Å². The lowest BCUT2D eigenvalue weighted by Crippen LogP contribution is -2.38. The van der Waals surface area contributed by atoms with Gasteiger partial charge in [-0.05, 0) is 59.2 Å². The zero-order valence-electron chi connectivity index (χ0n) is 33.7. The van der Waals surface area contributed by atoms with Crippen LogP contribution in [-0.2, 0) is 21.7 Å². The quantitative estimate of drug-likeness (QED) is 0.0899. The highest BCUT2D eigenvalue weighted by atomic mass is 16.6. The Morgan fingerprint density at radius 3 is 1.73 bits per heavy atom. The molecule has 0 bridgehead atoms. The van der Waals surface area contributed by atoms with Gasteiger partial charge in [0.2, 0.25) is 0 Å². The fourth-order valence-corrected chi connectivity index (χ4v) is 7.94. The Hall–Kier alpha value is -6.54. The molecule has 59 heavy (non-hydrogen) atoms. The van der Waals surface area contributed by atoms with E-state index in [9.17, 15) is 19.8 Å². The molecule has 2 unspecified atom stereocenters. The van der Waals surface area contributed by atoms with Crippen molar-refractivity contribution in [2.45, 2.75) is 63.9 Å². The molecule has 0 aliphatic carbocycles. The summed E-state index contributed by atoms with van der Waals surface area (Å²) in [5.41, 5.74) is 6.64. The number of aromatic nitrogens is 1. The topological polar surface area (TPSA) is 101 Å². The first-order valence-electron chi connectivity index (χ1n) is 20.2. The lowest BCUT2D eigenvalue weighted by atomic mass is 9.79. The maximum absolute atomic E-state index is 14.5. The van der Waals surface area contributed by atoms with Gasteiger partial charge < -0.3 is 24.8 Å². The summed E-state index contributed by atoms with van der Waals surface area (Å²) < 4.78 is 8.40. The molecular formula is C52H50N2O5. The summed E-state index contributed by atoms with van der Waals surface area (Å²) in [5, 5.41) is 27.5. The van der Waals surface area contributed by atoms with E-state index in [1.165, 1.54) is 0 Å².